The Bertz CT molecular complexity index is 871. The summed E-state index contributed by atoms with van der Waals surface area (Å²) in [6, 6.07) is 6.14. The minimum atomic E-state index is -0.796. The lowest BCUT2D eigenvalue weighted by atomic mass is 9.97. The number of aryl methyl sites for hydroxylation is 1. The number of carbonyl (C=O) groups is 3. The highest BCUT2D eigenvalue weighted by Crippen LogP contribution is 2.27. The lowest BCUT2D eigenvalue weighted by molar-refractivity contribution is -0.143. The van der Waals surface area contributed by atoms with Gasteiger partial charge in [0, 0.05) is 12.6 Å². The van der Waals surface area contributed by atoms with Crippen LogP contribution in [-0.2, 0) is 14.3 Å². The van der Waals surface area contributed by atoms with Gasteiger partial charge >= 0.3 is 6.09 Å². The molecule has 7 nitrogen and oxygen atoms in total. The van der Waals surface area contributed by atoms with Crippen molar-refractivity contribution in [3.8, 4) is 0 Å². The molecular weight excluding hydrogens is 498 g/mol. The predicted molar refractivity (Wildman–Crippen MR) is 158 cm³/mol. The van der Waals surface area contributed by atoms with Gasteiger partial charge in [0.15, 0.2) is 0 Å². The third kappa shape index (κ3) is 12.1. The number of nitrogens with one attached hydrogen (secondary N) is 2. The van der Waals surface area contributed by atoms with Crippen molar-refractivity contribution in [1.82, 2.24) is 15.5 Å². The molecule has 0 fully saturated rings. The fourth-order valence-electron chi connectivity index (χ4n) is 4.39. The smallest absolute Gasteiger partial charge is 0.408 e. The maximum atomic E-state index is 14.2. The van der Waals surface area contributed by atoms with Crippen molar-refractivity contribution in [2.45, 2.75) is 117 Å². The third-order valence-electron chi connectivity index (χ3n) is 6.29. The molecule has 0 heterocycles. The van der Waals surface area contributed by atoms with Crippen molar-refractivity contribution in [3.63, 3.8) is 0 Å². The van der Waals surface area contributed by atoms with E-state index in [4.69, 9.17) is 4.74 Å². The molecule has 3 atom stereocenters. The summed E-state index contributed by atoms with van der Waals surface area (Å²) in [6.45, 7) is 14.0. The van der Waals surface area contributed by atoms with E-state index in [1.165, 1.54) is 0 Å². The molecule has 1 rings (SSSR count). The molecule has 0 saturated heterocycles. The summed E-state index contributed by atoms with van der Waals surface area (Å²) in [5.74, 6) is 0.239. The minimum Gasteiger partial charge on any atom is -0.444 e. The van der Waals surface area contributed by atoms with E-state index in [0.29, 0.717) is 18.7 Å². The summed E-state index contributed by atoms with van der Waals surface area (Å²) >= 11 is 1.61. The minimum absolute atomic E-state index is 0.0109. The van der Waals surface area contributed by atoms with Gasteiger partial charge in [-0.25, -0.2) is 4.79 Å². The van der Waals surface area contributed by atoms with E-state index in [1.54, 1.807) is 37.4 Å². The average molecular weight is 550 g/mol. The molecular formula is C30H51N3O4S. The van der Waals surface area contributed by atoms with Crippen LogP contribution in [0, 0.1) is 6.92 Å². The number of unbranched alkanes of at least 4 members (excludes halogenated alkanes) is 3. The van der Waals surface area contributed by atoms with Crippen LogP contribution in [0.1, 0.15) is 104 Å². The number of amides is 3. The van der Waals surface area contributed by atoms with E-state index in [0.717, 1.165) is 49.7 Å². The van der Waals surface area contributed by atoms with E-state index >= 15 is 0 Å². The van der Waals surface area contributed by atoms with Gasteiger partial charge in [0.1, 0.15) is 17.7 Å². The fourth-order valence-corrected chi connectivity index (χ4v) is 4.86. The first-order valence-corrected chi connectivity index (χ1v) is 15.5. The lowest BCUT2D eigenvalue weighted by Gasteiger charge is -2.35. The summed E-state index contributed by atoms with van der Waals surface area (Å²) in [4.78, 5) is 42.5. The number of rotatable bonds is 16. The maximum Gasteiger partial charge on any atom is 0.408 e. The standard InChI is InChI=1S/C30H51N3O4S/c1-9-11-12-15-20-33(28(35)25(19-21-38-8)32-29(36)37-30(5,6)7)26(24-18-14-13-17-22(24)3)27(34)31-23(4)16-10-2/h13-14,17-18,23,25-26H,9-12,15-16,19-21H2,1-8H3,(H,31,34)(H,32,36). The van der Waals surface area contributed by atoms with Gasteiger partial charge in [0.25, 0.3) is 0 Å². The molecule has 0 spiro atoms. The summed E-state index contributed by atoms with van der Waals surface area (Å²) < 4.78 is 5.48. The number of alkyl carbamates (subject to hydrolysis) is 1. The molecule has 1 aromatic carbocycles. The van der Waals surface area contributed by atoms with Crippen LogP contribution in [0.15, 0.2) is 24.3 Å². The molecule has 3 unspecified atom stereocenters. The second-order valence-corrected chi connectivity index (χ2v) is 12.0. The fraction of sp³-hybridized carbons (Fsp3) is 0.700. The van der Waals surface area contributed by atoms with Gasteiger partial charge in [-0.1, -0.05) is 63.8 Å². The first kappa shape index (κ1) is 33.8. The van der Waals surface area contributed by atoms with Crippen molar-refractivity contribution in [2.75, 3.05) is 18.6 Å². The Morgan fingerprint density at radius 2 is 1.68 bits per heavy atom. The second-order valence-electron chi connectivity index (χ2n) is 11.0. The van der Waals surface area contributed by atoms with E-state index in [-0.39, 0.29) is 17.9 Å². The molecule has 1 aromatic rings. The molecule has 216 valence electrons. The monoisotopic (exact) mass is 549 g/mol. The van der Waals surface area contributed by atoms with Crippen LogP contribution >= 0.6 is 11.8 Å². The highest BCUT2D eigenvalue weighted by atomic mass is 32.2. The topological polar surface area (TPSA) is 87.7 Å². The Morgan fingerprint density at radius 1 is 1.00 bits per heavy atom. The van der Waals surface area contributed by atoms with Crippen LogP contribution in [-0.4, -0.2) is 59.0 Å². The predicted octanol–water partition coefficient (Wildman–Crippen LogP) is 6.40. The molecule has 8 heteroatoms. The number of ether oxygens (including phenoxy) is 1. The Hall–Kier alpha value is -2.22. The molecule has 38 heavy (non-hydrogen) atoms. The van der Waals surface area contributed by atoms with Crippen LogP contribution in [0.2, 0.25) is 0 Å². The number of thioether (sulfide) groups is 1. The normalized spacial score (nSPS) is 13.8. The van der Waals surface area contributed by atoms with Crippen molar-refractivity contribution >= 4 is 29.7 Å². The quantitative estimate of drug-likeness (QED) is 0.233. The number of carbonyl (C=O) groups excluding carboxylic acids is 3. The van der Waals surface area contributed by atoms with Crippen molar-refractivity contribution in [1.29, 1.82) is 0 Å². The first-order chi connectivity index (χ1) is 17.9. The molecule has 0 bridgehead atoms. The third-order valence-corrected chi connectivity index (χ3v) is 6.93. The first-order valence-electron chi connectivity index (χ1n) is 14.1. The van der Waals surface area contributed by atoms with Crippen molar-refractivity contribution in [2.24, 2.45) is 0 Å². The Labute approximate surface area is 235 Å². The van der Waals surface area contributed by atoms with Crippen molar-refractivity contribution < 1.29 is 19.1 Å². The Morgan fingerprint density at radius 3 is 2.26 bits per heavy atom. The van der Waals surface area contributed by atoms with Crippen LogP contribution in [0.25, 0.3) is 0 Å². The van der Waals surface area contributed by atoms with E-state index in [9.17, 15) is 14.4 Å². The molecule has 0 radical (unpaired) electrons. The zero-order valence-corrected chi connectivity index (χ0v) is 25.7. The summed E-state index contributed by atoms with van der Waals surface area (Å²) in [7, 11) is 0. The maximum absolute atomic E-state index is 14.2. The summed E-state index contributed by atoms with van der Waals surface area (Å²) in [6.07, 6.45) is 7.46. The molecule has 0 aromatic heterocycles. The molecule has 0 saturated carbocycles. The van der Waals surface area contributed by atoms with Gasteiger partial charge in [-0.05, 0) is 77.0 Å². The Balaban J connectivity index is 3.48. The van der Waals surface area contributed by atoms with Gasteiger partial charge in [0.2, 0.25) is 11.8 Å². The highest BCUT2D eigenvalue weighted by Gasteiger charge is 2.36. The second kappa shape index (κ2) is 17.4. The number of nitrogens with zero attached hydrogens (tertiary/aromatic N) is 1. The van der Waals surface area contributed by atoms with Crippen LogP contribution in [0.4, 0.5) is 4.79 Å². The zero-order valence-electron chi connectivity index (χ0n) is 24.9. The average Bonchev–Trinajstić information content (AvgIpc) is 2.83. The van der Waals surface area contributed by atoms with Crippen LogP contribution in [0.3, 0.4) is 0 Å². The summed E-state index contributed by atoms with van der Waals surface area (Å²) in [5, 5.41) is 5.96. The van der Waals surface area contributed by atoms with Crippen LogP contribution in [0.5, 0.6) is 0 Å². The molecule has 0 aliphatic carbocycles. The zero-order chi connectivity index (χ0) is 28.7. The van der Waals surface area contributed by atoms with E-state index < -0.39 is 23.8 Å². The van der Waals surface area contributed by atoms with Crippen molar-refractivity contribution in [3.05, 3.63) is 35.4 Å². The van der Waals surface area contributed by atoms with Gasteiger partial charge < -0.3 is 20.3 Å². The van der Waals surface area contributed by atoms with Gasteiger partial charge in [-0.15, -0.1) is 0 Å². The number of hydrogen-bond acceptors (Lipinski definition) is 5. The number of benzene rings is 1. The molecule has 0 aliphatic heterocycles. The molecule has 2 N–H and O–H groups in total. The van der Waals surface area contributed by atoms with Gasteiger partial charge in [-0.2, -0.15) is 11.8 Å². The lowest BCUT2D eigenvalue weighted by Crippen LogP contribution is -2.54. The number of hydrogen-bond donors (Lipinski definition) is 2. The van der Waals surface area contributed by atoms with Crippen LogP contribution < -0.4 is 10.6 Å². The SMILES string of the molecule is CCCCCCN(C(=O)C(CCSC)NC(=O)OC(C)(C)C)C(C(=O)NC(C)CCC)c1ccccc1C. The largest absolute Gasteiger partial charge is 0.444 e. The van der Waals surface area contributed by atoms with E-state index in [2.05, 4.69) is 24.5 Å². The van der Waals surface area contributed by atoms with E-state index in [1.807, 2.05) is 44.4 Å². The van der Waals surface area contributed by atoms with Gasteiger partial charge in [-0.3, -0.25) is 9.59 Å². The van der Waals surface area contributed by atoms with Gasteiger partial charge in [0.05, 0.1) is 0 Å². The highest BCUT2D eigenvalue weighted by molar-refractivity contribution is 7.98. The molecule has 3 amide bonds. The summed E-state index contributed by atoms with van der Waals surface area (Å²) in [5.41, 5.74) is 1.07. The molecule has 0 aliphatic rings. The Kier molecular flexibility index (Phi) is 15.5.